The monoisotopic (exact) mass is 548 g/mol. The van der Waals surface area contributed by atoms with Crippen LogP contribution in [0, 0.1) is 5.92 Å². The van der Waals surface area contributed by atoms with E-state index in [1.54, 1.807) is 0 Å². The zero-order valence-electron chi connectivity index (χ0n) is 23.2. The van der Waals surface area contributed by atoms with Gasteiger partial charge in [-0.3, -0.25) is 14.8 Å². The van der Waals surface area contributed by atoms with Gasteiger partial charge in [0.15, 0.2) is 0 Å². The molecule has 8 rings (SSSR count). The van der Waals surface area contributed by atoms with E-state index in [1.165, 1.54) is 18.4 Å². The summed E-state index contributed by atoms with van der Waals surface area (Å²) in [6.07, 6.45) is 7.31. The molecule has 7 nitrogen and oxygen atoms in total. The maximum absolute atomic E-state index is 13.4. The van der Waals surface area contributed by atoms with Crippen LogP contribution in [0.4, 0.5) is 0 Å². The lowest BCUT2D eigenvalue weighted by Crippen LogP contribution is -2.57. The minimum absolute atomic E-state index is 0.0467. The molecule has 3 atom stereocenters. The van der Waals surface area contributed by atoms with Crippen molar-refractivity contribution in [1.82, 2.24) is 20.4 Å². The average molecular weight is 549 g/mol. The predicted molar refractivity (Wildman–Crippen MR) is 158 cm³/mol. The highest BCUT2D eigenvalue weighted by atomic mass is 16.5. The van der Waals surface area contributed by atoms with E-state index in [0.717, 1.165) is 66.8 Å². The molecule has 4 fully saturated rings. The number of rotatable bonds is 8. The molecular weight excluding hydrogens is 512 g/mol. The van der Waals surface area contributed by atoms with Gasteiger partial charge in [-0.1, -0.05) is 30.3 Å². The summed E-state index contributed by atoms with van der Waals surface area (Å²) in [5, 5.41) is 12.0. The van der Waals surface area contributed by atoms with E-state index in [4.69, 9.17) is 9.47 Å². The van der Waals surface area contributed by atoms with Crippen LogP contribution in [0.25, 0.3) is 22.2 Å². The van der Waals surface area contributed by atoms with Crippen molar-refractivity contribution in [3.05, 3.63) is 83.9 Å². The summed E-state index contributed by atoms with van der Waals surface area (Å²) in [6, 6.07) is 26.3. The lowest BCUT2D eigenvalue weighted by atomic mass is 9.96. The minimum atomic E-state index is -0.0478. The third-order valence-electron chi connectivity index (χ3n) is 9.58. The molecule has 1 aliphatic carbocycles. The molecular formula is C34H36N4O3. The number of carbonyl (C=O) groups is 1. The average Bonchev–Trinajstić information content (AvgIpc) is 3.68. The number of aromatic nitrogens is 2. The quantitative estimate of drug-likeness (QED) is 0.287. The number of benzene rings is 3. The first kappa shape index (κ1) is 25.1. The molecule has 4 heterocycles. The fourth-order valence-corrected chi connectivity index (χ4v) is 7.30. The lowest BCUT2D eigenvalue weighted by molar-refractivity contribution is -0.102. The van der Waals surface area contributed by atoms with Gasteiger partial charge < -0.3 is 14.8 Å². The molecule has 2 N–H and O–H groups in total. The number of hydrogen-bond donors (Lipinski definition) is 2. The van der Waals surface area contributed by atoms with Crippen molar-refractivity contribution < 1.29 is 14.3 Å². The Morgan fingerprint density at radius 1 is 0.927 bits per heavy atom. The van der Waals surface area contributed by atoms with Gasteiger partial charge in [-0.25, -0.2) is 0 Å². The maximum atomic E-state index is 13.4. The van der Waals surface area contributed by atoms with Crippen LogP contribution in [0.2, 0.25) is 0 Å². The first-order valence-corrected chi connectivity index (χ1v) is 15.2. The molecule has 4 aromatic rings. The van der Waals surface area contributed by atoms with Gasteiger partial charge >= 0.3 is 0 Å². The SMILES string of the molecule is O=C(NC(c1ccccc1)C1CC1)c1ccc2[nH]nc(-c3ccc(OC4CC5CCC(C4)N5C4COC4)cc3)c2c1. The first-order valence-electron chi connectivity index (χ1n) is 15.2. The molecule has 41 heavy (non-hydrogen) atoms. The van der Waals surface area contributed by atoms with Gasteiger partial charge in [0, 0.05) is 28.6 Å². The molecule has 3 aromatic carbocycles. The van der Waals surface area contributed by atoms with Crippen LogP contribution < -0.4 is 10.1 Å². The molecule has 0 spiro atoms. The number of ether oxygens (including phenoxy) is 2. The van der Waals surface area contributed by atoms with Crippen LogP contribution in [-0.4, -0.2) is 58.4 Å². The fourth-order valence-electron chi connectivity index (χ4n) is 7.30. The summed E-state index contributed by atoms with van der Waals surface area (Å²) in [6.45, 7) is 1.78. The lowest BCUT2D eigenvalue weighted by Gasteiger charge is -2.46. The van der Waals surface area contributed by atoms with E-state index >= 15 is 0 Å². The smallest absolute Gasteiger partial charge is 0.251 e. The highest BCUT2D eigenvalue weighted by Gasteiger charge is 2.46. The number of hydrogen-bond acceptors (Lipinski definition) is 5. The molecule has 1 aromatic heterocycles. The fraction of sp³-hybridized carbons (Fsp3) is 0.412. The number of piperidine rings is 1. The highest BCUT2D eigenvalue weighted by molar-refractivity contribution is 6.01. The number of amides is 1. The van der Waals surface area contributed by atoms with Gasteiger partial charge in [0.25, 0.3) is 5.91 Å². The third-order valence-corrected chi connectivity index (χ3v) is 9.58. The summed E-state index contributed by atoms with van der Waals surface area (Å²) in [7, 11) is 0. The van der Waals surface area contributed by atoms with Crippen molar-refractivity contribution in [2.24, 2.45) is 5.92 Å². The maximum Gasteiger partial charge on any atom is 0.251 e. The van der Waals surface area contributed by atoms with Crippen molar-refractivity contribution in [2.75, 3.05) is 13.2 Å². The van der Waals surface area contributed by atoms with Crippen LogP contribution >= 0.6 is 0 Å². The molecule has 2 bridgehead atoms. The highest BCUT2D eigenvalue weighted by Crippen LogP contribution is 2.42. The summed E-state index contributed by atoms with van der Waals surface area (Å²) in [5.74, 6) is 1.37. The molecule has 7 heteroatoms. The summed E-state index contributed by atoms with van der Waals surface area (Å²) >= 11 is 0. The van der Waals surface area contributed by atoms with E-state index in [1.807, 2.05) is 36.4 Å². The number of H-pyrrole nitrogens is 1. The van der Waals surface area contributed by atoms with Crippen LogP contribution in [-0.2, 0) is 4.74 Å². The zero-order chi connectivity index (χ0) is 27.3. The van der Waals surface area contributed by atoms with E-state index in [2.05, 4.69) is 56.8 Å². The Kier molecular flexibility index (Phi) is 6.30. The van der Waals surface area contributed by atoms with E-state index in [-0.39, 0.29) is 18.1 Å². The van der Waals surface area contributed by atoms with Crippen LogP contribution in [0.15, 0.2) is 72.8 Å². The standard InChI is InChI=1S/C34H36N4O3/c39-34(35-32(22-6-7-22)21-4-2-1-3-5-21)24-10-15-31-30(16-24)33(37-36-31)23-8-13-28(14-9-23)41-29-17-25-11-12-26(18-29)38(25)27-19-40-20-27/h1-5,8-10,13-16,22,25-27,29,32H,6-7,11-12,17-20H2,(H,35,39)(H,36,37). The summed E-state index contributed by atoms with van der Waals surface area (Å²) in [5.41, 5.74) is 4.58. The van der Waals surface area contributed by atoms with Crippen molar-refractivity contribution in [2.45, 2.75) is 68.8 Å². The topological polar surface area (TPSA) is 79.5 Å². The van der Waals surface area contributed by atoms with Crippen LogP contribution in [0.5, 0.6) is 5.75 Å². The Balaban J connectivity index is 0.970. The molecule has 4 aliphatic rings. The van der Waals surface area contributed by atoms with E-state index in [0.29, 0.717) is 29.6 Å². The molecule has 3 saturated heterocycles. The van der Waals surface area contributed by atoms with E-state index < -0.39 is 0 Å². The Bertz CT molecular complexity index is 1530. The summed E-state index contributed by atoms with van der Waals surface area (Å²) < 4.78 is 11.9. The zero-order valence-corrected chi connectivity index (χ0v) is 23.2. The Hall–Kier alpha value is -3.68. The number of fused-ring (bicyclic) bond motifs is 3. The number of nitrogens with zero attached hydrogens (tertiary/aromatic N) is 2. The Morgan fingerprint density at radius 3 is 2.37 bits per heavy atom. The van der Waals surface area contributed by atoms with Gasteiger partial charge in [0.1, 0.15) is 11.9 Å². The number of nitrogens with one attached hydrogen (secondary N) is 2. The summed E-state index contributed by atoms with van der Waals surface area (Å²) in [4.78, 5) is 16.1. The second-order valence-corrected chi connectivity index (χ2v) is 12.3. The van der Waals surface area contributed by atoms with Gasteiger partial charge in [0.05, 0.1) is 36.5 Å². The van der Waals surface area contributed by atoms with Crippen molar-refractivity contribution in [1.29, 1.82) is 0 Å². The van der Waals surface area contributed by atoms with Crippen LogP contribution in [0.1, 0.15) is 60.5 Å². The van der Waals surface area contributed by atoms with E-state index in [9.17, 15) is 4.79 Å². The molecule has 210 valence electrons. The number of carbonyl (C=O) groups excluding carboxylic acids is 1. The predicted octanol–water partition coefficient (Wildman–Crippen LogP) is 5.88. The van der Waals surface area contributed by atoms with Crippen molar-refractivity contribution in [3.63, 3.8) is 0 Å². The Labute approximate surface area is 240 Å². The first-order chi connectivity index (χ1) is 20.2. The molecule has 3 aliphatic heterocycles. The molecule has 0 radical (unpaired) electrons. The van der Waals surface area contributed by atoms with Crippen molar-refractivity contribution >= 4 is 16.8 Å². The molecule has 1 amide bonds. The van der Waals surface area contributed by atoms with Crippen LogP contribution in [0.3, 0.4) is 0 Å². The molecule has 3 unspecified atom stereocenters. The van der Waals surface area contributed by atoms with Gasteiger partial charge in [0.2, 0.25) is 0 Å². The van der Waals surface area contributed by atoms with Gasteiger partial charge in [-0.2, -0.15) is 5.10 Å². The normalized spacial score (nSPS) is 25.1. The minimum Gasteiger partial charge on any atom is -0.490 e. The van der Waals surface area contributed by atoms with Crippen molar-refractivity contribution in [3.8, 4) is 17.0 Å². The largest absolute Gasteiger partial charge is 0.490 e. The molecule has 1 saturated carbocycles. The third kappa shape index (κ3) is 4.81. The van der Waals surface area contributed by atoms with Gasteiger partial charge in [-0.15, -0.1) is 0 Å². The Morgan fingerprint density at radius 2 is 1.68 bits per heavy atom. The second kappa shape index (κ2) is 10.3. The van der Waals surface area contributed by atoms with Gasteiger partial charge in [-0.05, 0) is 92.5 Å². The number of aromatic amines is 1. The second-order valence-electron chi connectivity index (χ2n) is 12.3.